The predicted molar refractivity (Wildman–Crippen MR) is 96.9 cm³/mol. The van der Waals surface area contributed by atoms with Gasteiger partial charge in [-0.3, -0.25) is 4.79 Å². The summed E-state index contributed by atoms with van der Waals surface area (Å²) in [6, 6.07) is 6.67. The summed E-state index contributed by atoms with van der Waals surface area (Å²) >= 11 is 3.73. The first kappa shape index (κ1) is 19.3. The standard InChI is InChI=1S/C17H11ClF3N3O2S/c1-24-16(17(25)22-10-3-5-12(19)11(18)7-10)8-15(23-27(24)26)9-2-4-13(20)14(21)6-9/h2-8H,1H3,(H,22,25). The molecule has 1 N–H and O–H groups in total. The van der Waals surface area contributed by atoms with Crippen LogP contribution in [0.1, 0.15) is 5.56 Å². The van der Waals surface area contributed by atoms with Crippen LogP contribution >= 0.6 is 11.6 Å². The Morgan fingerprint density at radius 3 is 2.52 bits per heavy atom. The molecule has 1 heterocycles. The fourth-order valence-electron chi connectivity index (χ4n) is 2.25. The number of likely N-dealkylation sites (N-methyl/N-ethyl adjacent to an activating group) is 1. The van der Waals surface area contributed by atoms with Crippen LogP contribution in [0.2, 0.25) is 5.02 Å². The number of benzene rings is 2. The van der Waals surface area contributed by atoms with Crippen molar-refractivity contribution in [2.24, 2.45) is 4.40 Å². The summed E-state index contributed by atoms with van der Waals surface area (Å²) in [6.45, 7) is 0. The molecule has 1 amide bonds. The molecule has 0 spiro atoms. The lowest BCUT2D eigenvalue weighted by Crippen LogP contribution is -2.35. The van der Waals surface area contributed by atoms with Crippen LogP contribution in [0.4, 0.5) is 18.9 Å². The van der Waals surface area contributed by atoms with E-state index in [0.717, 1.165) is 22.5 Å². The monoisotopic (exact) mass is 413 g/mol. The second-order valence-electron chi connectivity index (χ2n) is 5.45. The van der Waals surface area contributed by atoms with Gasteiger partial charge in [0.15, 0.2) is 17.3 Å². The molecule has 1 atom stereocenters. The lowest BCUT2D eigenvalue weighted by Gasteiger charge is -2.23. The Morgan fingerprint density at radius 2 is 1.85 bits per heavy atom. The summed E-state index contributed by atoms with van der Waals surface area (Å²) in [6.07, 6.45) is 1.29. The molecule has 140 valence electrons. The Morgan fingerprint density at radius 1 is 1.15 bits per heavy atom. The fourth-order valence-corrected chi connectivity index (χ4v) is 3.18. The van der Waals surface area contributed by atoms with Crippen LogP contribution in [0.25, 0.3) is 0 Å². The molecule has 0 saturated carbocycles. The van der Waals surface area contributed by atoms with Crippen LogP contribution in [0.3, 0.4) is 0 Å². The van der Waals surface area contributed by atoms with Gasteiger partial charge < -0.3 is 9.87 Å². The number of amides is 1. The van der Waals surface area contributed by atoms with Crippen molar-refractivity contribution in [3.8, 4) is 0 Å². The SMILES string of the molecule is CN1C(C(=O)Nc2ccc(F)c(Cl)c2)=CC(c2ccc(F)c(F)c2)=N[S+]1[O-]. The third kappa shape index (κ3) is 4.10. The van der Waals surface area contributed by atoms with Gasteiger partial charge in [0.25, 0.3) is 5.91 Å². The maximum Gasteiger partial charge on any atom is 0.276 e. The van der Waals surface area contributed by atoms with Crippen molar-refractivity contribution in [3.05, 3.63) is 76.2 Å². The van der Waals surface area contributed by atoms with E-state index in [0.29, 0.717) is 0 Å². The van der Waals surface area contributed by atoms with Gasteiger partial charge in [0.2, 0.25) is 11.5 Å². The highest BCUT2D eigenvalue weighted by Crippen LogP contribution is 2.23. The number of allylic oxidation sites excluding steroid dienone is 1. The molecule has 1 aliphatic rings. The summed E-state index contributed by atoms with van der Waals surface area (Å²) in [5.41, 5.74) is 0.394. The zero-order valence-corrected chi connectivity index (χ0v) is 15.2. The number of halogens is 4. The maximum atomic E-state index is 13.5. The molecule has 0 fully saturated rings. The van der Waals surface area contributed by atoms with Gasteiger partial charge in [-0.15, -0.1) is 0 Å². The molecule has 0 aromatic heterocycles. The number of carbonyl (C=O) groups is 1. The van der Waals surface area contributed by atoms with E-state index in [1.165, 1.54) is 31.3 Å². The van der Waals surface area contributed by atoms with E-state index < -0.39 is 34.9 Å². The second-order valence-corrected chi connectivity index (χ2v) is 7.05. The highest BCUT2D eigenvalue weighted by molar-refractivity contribution is 7.88. The quantitative estimate of drug-likeness (QED) is 0.782. The normalized spacial score (nSPS) is 16.7. The highest BCUT2D eigenvalue weighted by Gasteiger charge is 2.30. The van der Waals surface area contributed by atoms with Crippen LogP contribution < -0.4 is 5.32 Å². The Labute approximate surface area is 160 Å². The highest BCUT2D eigenvalue weighted by atomic mass is 35.5. The van der Waals surface area contributed by atoms with Crippen LogP contribution in [0, 0.1) is 17.5 Å². The molecule has 0 saturated heterocycles. The molecule has 0 radical (unpaired) electrons. The lowest BCUT2D eigenvalue weighted by atomic mass is 10.1. The van der Waals surface area contributed by atoms with Crippen molar-refractivity contribution in [2.45, 2.75) is 0 Å². The topological polar surface area (TPSA) is 67.8 Å². The summed E-state index contributed by atoms with van der Waals surface area (Å²) in [5, 5.41) is 2.33. The van der Waals surface area contributed by atoms with Crippen molar-refractivity contribution in [3.63, 3.8) is 0 Å². The van der Waals surface area contributed by atoms with E-state index in [9.17, 15) is 22.5 Å². The number of nitrogens with one attached hydrogen (secondary N) is 1. The van der Waals surface area contributed by atoms with Crippen LogP contribution in [0.15, 0.2) is 52.6 Å². The molecule has 2 aromatic carbocycles. The van der Waals surface area contributed by atoms with Crippen LogP contribution in [0.5, 0.6) is 0 Å². The van der Waals surface area contributed by atoms with E-state index >= 15 is 0 Å². The number of anilines is 1. The van der Waals surface area contributed by atoms with E-state index in [4.69, 9.17) is 11.6 Å². The first-order valence-electron chi connectivity index (χ1n) is 7.44. The van der Waals surface area contributed by atoms with E-state index in [-0.39, 0.29) is 27.7 Å². The van der Waals surface area contributed by atoms with Crippen molar-refractivity contribution in [1.82, 2.24) is 4.31 Å². The van der Waals surface area contributed by atoms with Crippen molar-refractivity contribution in [1.29, 1.82) is 0 Å². The van der Waals surface area contributed by atoms with Gasteiger partial charge in [0, 0.05) is 17.3 Å². The maximum absolute atomic E-state index is 13.5. The van der Waals surface area contributed by atoms with E-state index in [1.807, 2.05) is 0 Å². The lowest BCUT2D eigenvalue weighted by molar-refractivity contribution is -0.113. The Kier molecular flexibility index (Phi) is 5.45. The molecular weight excluding hydrogens is 403 g/mol. The third-order valence-electron chi connectivity index (χ3n) is 3.65. The summed E-state index contributed by atoms with van der Waals surface area (Å²) in [4.78, 5) is 12.5. The van der Waals surface area contributed by atoms with E-state index in [1.54, 1.807) is 0 Å². The number of rotatable bonds is 3. The second kappa shape index (κ2) is 7.63. The molecule has 1 unspecified atom stereocenters. The van der Waals surface area contributed by atoms with Gasteiger partial charge in [-0.25, -0.2) is 13.2 Å². The molecule has 0 aliphatic carbocycles. The molecule has 0 bridgehead atoms. The van der Waals surface area contributed by atoms with Gasteiger partial charge in [-0.05, 0) is 40.8 Å². The van der Waals surface area contributed by atoms with Crippen molar-refractivity contribution < 1.29 is 22.5 Å². The predicted octanol–water partition coefficient (Wildman–Crippen LogP) is 3.59. The average molecular weight is 414 g/mol. The molecule has 27 heavy (non-hydrogen) atoms. The molecule has 5 nitrogen and oxygen atoms in total. The summed E-state index contributed by atoms with van der Waals surface area (Å²) in [7, 11) is 1.38. The molecule has 1 aliphatic heterocycles. The largest absolute Gasteiger partial charge is 0.566 e. The number of hydrogen-bond acceptors (Lipinski definition) is 4. The first-order valence-corrected chi connectivity index (χ1v) is 8.88. The number of hydrogen-bond donors (Lipinski definition) is 1. The van der Waals surface area contributed by atoms with Gasteiger partial charge >= 0.3 is 0 Å². The molecule has 2 aromatic rings. The van der Waals surface area contributed by atoms with Gasteiger partial charge in [0.05, 0.1) is 12.1 Å². The van der Waals surface area contributed by atoms with Crippen LogP contribution in [-0.2, 0) is 16.3 Å². The third-order valence-corrected chi connectivity index (χ3v) is 4.96. The van der Waals surface area contributed by atoms with Crippen molar-refractivity contribution >= 4 is 40.5 Å². The minimum absolute atomic E-state index is 0.0384. The summed E-state index contributed by atoms with van der Waals surface area (Å²) in [5.74, 6) is -3.44. The Balaban J connectivity index is 1.91. The smallest absolute Gasteiger partial charge is 0.276 e. The van der Waals surface area contributed by atoms with Gasteiger partial charge in [0.1, 0.15) is 11.5 Å². The van der Waals surface area contributed by atoms with Gasteiger partial charge in [-0.2, -0.15) is 4.31 Å². The zero-order valence-electron chi connectivity index (χ0n) is 13.7. The minimum Gasteiger partial charge on any atom is -0.566 e. The number of carbonyl (C=O) groups excluding carboxylic acids is 1. The fraction of sp³-hybridized carbons (Fsp3) is 0.0588. The minimum atomic E-state index is -1.95. The zero-order chi connectivity index (χ0) is 19.7. The Hall–Kier alpha value is -2.49. The van der Waals surface area contributed by atoms with Crippen LogP contribution in [-0.4, -0.2) is 27.5 Å². The first-order chi connectivity index (χ1) is 12.8. The van der Waals surface area contributed by atoms with Crippen molar-refractivity contribution in [2.75, 3.05) is 12.4 Å². The number of nitrogens with zero attached hydrogens (tertiary/aromatic N) is 2. The average Bonchev–Trinajstić information content (AvgIpc) is 2.62. The molecule has 10 heteroatoms. The summed E-state index contributed by atoms with van der Waals surface area (Å²) < 4.78 is 57.0. The van der Waals surface area contributed by atoms with Gasteiger partial charge in [-0.1, -0.05) is 11.6 Å². The Bertz CT molecular complexity index is 984. The molecule has 3 rings (SSSR count). The van der Waals surface area contributed by atoms with E-state index in [2.05, 4.69) is 9.71 Å². The molecular formula is C17H11ClF3N3O2S.